The number of sulfonamides is 1. The van der Waals surface area contributed by atoms with Crippen molar-refractivity contribution in [1.82, 2.24) is 0 Å². The largest absolute Gasteiger partial charge is 0.490 e. The lowest BCUT2D eigenvalue weighted by Gasteiger charge is -2.10. The summed E-state index contributed by atoms with van der Waals surface area (Å²) < 4.78 is 38.7. The maximum absolute atomic E-state index is 12.5. The lowest BCUT2D eigenvalue weighted by Crippen LogP contribution is -2.12. The van der Waals surface area contributed by atoms with Crippen molar-refractivity contribution in [1.29, 1.82) is 0 Å². The summed E-state index contributed by atoms with van der Waals surface area (Å²) in [6.45, 7) is 3.97. The number of nitrogens with one attached hydrogen (secondary N) is 1. The second kappa shape index (κ2) is 8.42. The van der Waals surface area contributed by atoms with Crippen molar-refractivity contribution >= 4 is 15.7 Å². The van der Waals surface area contributed by atoms with E-state index in [-0.39, 0.29) is 4.90 Å². The highest BCUT2D eigenvalue weighted by Crippen LogP contribution is 2.24. The number of anilines is 1. The first-order valence-electron chi connectivity index (χ1n) is 8.26. The fourth-order valence-corrected chi connectivity index (χ4v) is 3.36. The van der Waals surface area contributed by atoms with Crippen LogP contribution < -0.4 is 14.2 Å². The number of rotatable bonds is 8. The summed E-state index contributed by atoms with van der Waals surface area (Å²) in [6.07, 6.45) is 1.64. The van der Waals surface area contributed by atoms with Crippen LogP contribution in [0, 0.1) is 0 Å². The molecule has 6 heteroatoms. The molecule has 0 saturated heterocycles. The van der Waals surface area contributed by atoms with E-state index in [1.54, 1.807) is 42.5 Å². The van der Waals surface area contributed by atoms with Crippen molar-refractivity contribution < 1.29 is 17.9 Å². The second-order valence-corrected chi connectivity index (χ2v) is 7.30. The van der Waals surface area contributed by atoms with Crippen LogP contribution in [0.5, 0.6) is 17.2 Å². The molecule has 0 amide bonds. The highest BCUT2D eigenvalue weighted by molar-refractivity contribution is 7.92. The van der Waals surface area contributed by atoms with Gasteiger partial charge in [-0.25, -0.2) is 8.42 Å². The predicted molar refractivity (Wildman–Crippen MR) is 106 cm³/mol. The molecular weight excluding hydrogens is 362 g/mol. The molecule has 0 aliphatic heterocycles. The van der Waals surface area contributed by atoms with E-state index in [1.807, 2.05) is 30.3 Å². The van der Waals surface area contributed by atoms with Crippen molar-refractivity contribution in [2.75, 3.05) is 11.3 Å². The molecule has 0 radical (unpaired) electrons. The zero-order valence-corrected chi connectivity index (χ0v) is 15.4. The molecule has 3 aromatic carbocycles. The van der Waals surface area contributed by atoms with Gasteiger partial charge in [0.1, 0.15) is 23.9 Å². The van der Waals surface area contributed by atoms with Crippen LogP contribution in [-0.4, -0.2) is 15.0 Å². The third kappa shape index (κ3) is 5.12. The van der Waals surface area contributed by atoms with Crippen molar-refractivity contribution in [2.45, 2.75) is 4.90 Å². The van der Waals surface area contributed by atoms with Gasteiger partial charge in [0.2, 0.25) is 0 Å². The van der Waals surface area contributed by atoms with Gasteiger partial charge in [0, 0.05) is 5.69 Å². The molecule has 0 atom stereocenters. The van der Waals surface area contributed by atoms with E-state index in [1.165, 1.54) is 12.1 Å². The summed E-state index contributed by atoms with van der Waals surface area (Å²) >= 11 is 0. The normalized spacial score (nSPS) is 10.8. The Hall–Kier alpha value is -3.25. The SMILES string of the molecule is C=CCOc1ccc(NS(=O)(=O)c2ccc(Oc3ccccc3)cc2)cc1. The monoisotopic (exact) mass is 381 g/mol. The molecule has 3 aromatic rings. The summed E-state index contributed by atoms with van der Waals surface area (Å²) in [5, 5.41) is 0. The van der Waals surface area contributed by atoms with E-state index in [0.717, 1.165) is 0 Å². The minimum atomic E-state index is -3.70. The van der Waals surface area contributed by atoms with Crippen LogP contribution in [0.25, 0.3) is 0 Å². The van der Waals surface area contributed by atoms with Crippen LogP contribution in [0.3, 0.4) is 0 Å². The Balaban J connectivity index is 1.68. The lowest BCUT2D eigenvalue weighted by molar-refractivity contribution is 0.363. The van der Waals surface area contributed by atoms with E-state index in [9.17, 15) is 8.42 Å². The molecule has 0 spiro atoms. The van der Waals surface area contributed by atoms with Crippen molar-refractivity contribution in [3.63, 3.8) is 0 Å². The first kappa shape index (κ1) is 18.5. The van der Waals surface area contributed by atoms with Crippen LogP contribution in [-0.2, 0) is 10.0 Å². The fourth-order valence-electron chi connectivity index (χ4n) is 2.30. The zero-order chi connectivity index (χ0) is 19.1. The third-order valence-electron chi connectivity index (χ3n) is 3.59. The van der Waals surface area contributed by atoms with Gasteiger partial charge in [-0.05, 0) is 60.7 Å². The van der Waals surface area contributed by atoms with Crippen molar-refractivity contribution in [3.05, 3.63) is 91.5 Å². The molecule has 0 heterocycles. The van der Waals surface area contributed by atoms with E-state index in [2.05, 4.69) is 11.3 Å². The maximum Gasteiger partial charge on any atom is 0.261 e. The molecule has 0 aromatic heterocycles. The molecular formula is C21H19NO4S. The number of hydrogen-bond acceptors (Lipinski definition) is 4. The quantitative estimate of drug-likeness (QED) is 0.567. The molecule has 0 aliphatic rings. The second-order valence-electron chi connectivity index (χ2n) is 5.62. The number of para-hydroxylation sites is 1. The molecule has 138 valence electrons. The minimum Gasteiger partial charge on any atom is -0.490 e. The molecule has 1 N–H and O–H groups in total. The van der Waals surface area contributed by atoms with Crippen LogP contribution in [0.15, 0.2) is 96.4 Å². The van der Waals surface area contributed by atoms with Gasteiger partial charge in [-0.15, -0.1) is 0 Å². The van der Waals surface area contributed by atoms with Gasteiger partial charge >= 0.3 is 0 Å². The van der Waals surface area contributed by atoms with Crippen LogP contribution >= 0.6 is 0 Å². The topological polar surface area (TPSA) is 64.6 Å². The molecule has 0 fully saturated rings. The molecule has 3 rings (SSSR count). The Morgan fingerprint density at radius 1 is 0.815 bits per heavy atom. The van der Waals surface area contributed by atoms with Crippen LogP contribution in [0.2, 0.25) is 0 Å². The van der Waals surface area contributed by atoms with Gasteiger partial charge in [-0.2, -0.15) is 0 Å². The molecule has 5 nitrogen and oxygen atoms in total. The van der Waals surface area contributed by atoms with Gasteiger partial charge < -0.3 is 9.47 Å². The Labute approximate surface area is 158 Å². The Morgan fingerprint density at radius 3 is 2.04 bits per heavy atom. The lowest BCUT2D eigenvalue weighted by atomic mass is 10.3. The average molecular weight is 381 g/mol. The van der Waals surface area contributed by atoms with Crippen LogP contribution in [0.1, 0.15) is 0 Å². The summed E-state index contributed by atoms with van der Waals surface area (Å²) in [5.74, 6) is 1.88. The smallest absolute Gasteiger partial charge is 0.261 e. The number of ether oxygens (including phenoxy) is 2. The standard InChI is InChI=1S/C21H19NO4S/c1-2-16-25-18-10-8-17(9-11-18)22-27(23,24)21-14-12-20(13-15-21)26-19-6-4-3-5-7-19/h2-15,22H,1,16H2. The Kier molecular flexibility index (Phi) is 5.78. The summed E-state index contributed by atoms with van der Waals surface area (Å²) in [5.41, 5.74) is 0.450. The fraction of sp³-hybridized carbons (Fsp3) is 0.0476. The summed E-state index contributed by atoms with van der Waals surface area (Å²) in [7, 11) is -3.70. The van der Waals surface area contributed by atoms with Gasteiger partial charge in [-0.1, -0.05) is 30.9 Å². The molecule has 0 bridgehead atoms. The molecule has 0 aliphatic carbocycles. The van der Waals surface area contributed by atoms with Gasteiger partial charge in [0.25, 0.3) is 10.0 Å². The summed E-state index contributed by atoms with van der Waals surface area (Å²) in [6, 6.07) is 22.2. The first-order chi connectivity index (χ1) is 13.1. The van der Waals surface area contributed by atoms with E-state index in [4.69, 9.17) is 9.47 Å². The highest BCUT2D eigenvalue weighted by atomic mass is 32.2. The molecule has 0 unspecified atom stereocenters. The zero-order valence-electron chi connectivity index (χ0n) is 14.5. The number of hydrogen-bond donors (Lipinski definition) is 1. The third-order valence-corrected chi connectivity index (χ3v) is 4.98. The first-order valence-corrected chi connectivity index (χ1v) is 9.75. The Bertz CT molecular complexity index is 983. The van der Waals surface area contributed by atoms with Gasteiger partial charge in [-0.3, -0.25) is 4.72 Å². The molecule has 27 heavy (non-hydrogen) atoms. The Morgan fingerprint density at radius 2 is 1.41 bits per heavy atom. The average Bonchev–Trinajstić information content (AvgIpc) is 2.68. The van der Waals surface area contributed by atoms with E-state index in [0.29, 0.717) is 29.5 Å². The van der Waals surface area contributed by atoms with Gasteiger partial charge in [0.05, 0.1) is 4.90 Å². The summed E-state index contributed by atoms with van der Waals surface area (Å²) in [4.78, 5) is 0.148. The van der Waals surface area contributed by atoms with Crippen molar-refractivity contribution in [2.24, 2.45) is 0 Å². The highest BCUT2D eigenvalue weighted by Gasteiger charge is 2.14. The van der Waals surface area contributed by atoms with E-state index >= 15 is 0 Å². The van der Waals surface area contributed by atoms with Gasteiger partial charge in [0.15, 0.2) is 0 Å². The maximum atomic E-state index is 12.5. The number of benzene rings is 3. The van der Waals surface area contributed by atoms with E-state index < -0.39 is 10.0 Å². The minimum absolute atomic E-state index is 0.148. The predicted octanol–water partition coefficient (Wildman–Crippen LogP) is 4.84. The van der Waals surface area contributed by atoms with Crippen LogP contribution in [0.4, 0.5) is 5.69 Å². The van der Waals surface area contributed by atoms with Crippen molar-refractivity contribution in [3.8, 4) is 17.2 Å². The molecule has 0 saturated carbocycles.